The third kappa shape index (κ3) is 3.20. The lowest BCUT2D eigenvalue weighted by Crippen LogP contribution is -2.52. The van der Waals surface area contributed by atoms with Gasteiger partial charge in [0.05, 0.1) is 18.8 Å². The Bertz CT molecular complexity index is 600. The van der Waals surface area contributed by atoms with Crippen molar-refractivity contribution in [3.8, 4) is 0 Å². The van der Waals surface area contributed by atoms with Gasteiger partial charge in [0.15, 0.2) is 0 Å². The molecule has 0 spiro atoms. The van der Waals surface area contributed by atoms with Gasteiger partial charge in [-0.2, -0.15) is 0 Å². The molecule has 4 rings (SSSR count). The molecule has 130 valence electrons. The molecule has 1 aromatic rings. The van der Waals surface area contributed by atoms with E-state index < -0.39 is 0 Å². The minimum atomic E-state index is 0.297. The molecular formula is C19H27N3O2. The molecule has 3 aliphatic rings. The van der Waals surface area contributed by atoms with Crippen molar-refractivity contribution >= 4 is 5.91 Å². The summed E-state index contributed by atoms with van der Waals surface area (Å²) in [4.78, 5) is 21.8. The van der Waals surface area contributed by atoms with Gasteiger partial charge >= 0.3 is 0 Å². The number of likely N-dealkylation sites (tertiary alicyclic amines) is 2. The number of fused-ring (bicyclic) bond motifs is 1. The highest BCUT2D eigenvalue weighted by Crippen LogP contribution is 2.33. The zero-order valence-corrected chi connectivity index (χ0v) is 14.5. The van der Waals surface area contributed by atoms with Crippen molar-refractivity contribution in [1.82, 2.24) is 14.8 Å². The Morgan fingerprint density at radius 1 is 1.25 bits per heavy atom. The van der Waals surface area contributed by atoms with Gasteiger partial charge in [0.1, 0.15) is 0 Å². The van der Waals surface area contributed by atoms with Crippen molar-refractivity contribution in [2.24, 2.45) is 5.92 Å². The van der Waals surface area contributed by atoms with Gasteiger partial charge in [-0.3, -0.25) is 14.7 Å². The minimum absolute atomic E-state index is 0.297. The number of hydrogen-bond acceptors (Lipinski definition) is 4. The van der Waals surface area contributed by atoms with Crippen LogP contribution in [0.4, 0.5) is 0 Å². The molecule has 0 aromatic carbocycles. The Balaban J connectivity index is 1.45. The molecule has 0 N–H and O–H groups in total. The number of pyridine rings is 1. The molecule has 0 bridgehead atoms. The first-order valence-corrected chi connectivity index (χ1v) is 9.24. The normalized spacial score (nSPS) is 30.8. The number of carbonyl (C=O) groups is 1. The first-order chi connectivity index (χ1) is 11.7. The molecule has 5 heteroatoms. The fourth-order valence-corrected chi connectivity index (χ4v) is 4.59. The van der Waals surface area contributed by atoms with Crippen LogP contribution in [0.3, 0.4) is 0 Å². The molecule has 24 heavy (non-hydrogen) atoms. The van der Waals surface area contributed by atoms with E-state index in [0.29, 0.717) is 36.9 Å². The second-order valence-corrected chi connectivity index (χ2v) is 7.48. The molecule has 1 amide bonds. The standard InChI is InChI=1S/C19H27N3O2/c1-14-3-2-4-16(20-14)12-22-18-7-9-21(11-15-8-10-24-13-15)17(18)5-6-19(22)23/h2-4,15,17-18H,5-13H2,1H3/t15?,17-,18-/m1/s1. The summed E-state index contributed by atoms with van der Waals surface area (Å²) < 4.78 is 5.53. The zero-order chi connectivity index (χ0) is 16.5. The van der Waals surface area contributed by atoms with Gasteiger partial charge in [0.25, 0.3) is 0 Å². The first kappa shape index (κ1) is 16.0. The molecule has 0 aliphatic carbocycles. The number of aromatic nitrogens is 1. The summed E-state index contributed by atoms with van der Waals surface area (Å²) >= 11 is 0. The SMILES string of the molecule is Cc1cccc(CN2C(=O)CC[C@@H]3[C@H]2CCN3CC2CCOC2)n1. The lowest BCUT2D eigenvalue weighted by atomic mass is 9.95. The van der Waals surface area contributed by atoms with Crippen molar-refractivity contribution in [3.63, 3.8) is 0 Å². The Kier molecular flexibility index (Phi) is 4.55. The summed E-state index contributed by atoms with van der Waals surface area (Å²) in [5, 5.41) is 0. The van der Waals surface area contributed by atoms with Crippen molar-refractivity contribution < 1.29 is 9.53 Å². The van der Waals surface area contributed by atoms with Crippen LogP contribution in [0.1, 0.15) is 37.1 Å². The first-order valence-electron chi connectivity index (χ1n) is 9.24. The highest BCUT2D eigenvalue weighted by atomic mass is 16.5. The second kappa shape index (κ2) is 6.81. The molecule has 3 fully saturated rings. The third-order valence-electron chi connectivity index (χ3n) is 5.79. The molecule has 1 aromatic heterocycles. The number of ether oxygens (including phenoxy) is 1. The smallest absolute Gasteiger partial charge is 0.223 e. The maximum Gasteiger partial charge on any atom is 0.223 e. The number of hydrogen-bond donors (Lipinski definition) is 0. The zero-order valence-electron chi connectivity index (χ0n) is 14.5. The highest BCUT2D eigenvalue weighted by molar-refractivity contribution is 5.77. The fourth-order valence-electron chi connectivity index (χ4n) is 4.59. The van der Waals surface area contributed by atoms with Crippen LogP contribution >= 0.6 is 0 Å². The van der Waals surface area contributed by atoms with Gasteiger partial charge in [0, 0.05) is 43.9 Å². The third-order valence-corrected chi connectivity index (χ3v) is 5.79. The summed E-state index contributed by atoms with van der Waals surface area (Å²) in [5.41, 5.74) is 2.02. The van der Waals surface area contributed by atoms with E-state index in [1.807, 2.05) is 25.1 Å². The molecule has 5 nitrogen and oxygen atoms in total. The van der Waals surface area contributed by atoms with E-state index in [4.69, 9.17) is 4.74 Å². The Labute approximate surface area is 144 Å². The van der Waals surface area contributed by atoms with Crippen LogP contribution in [-0.4, -0.2) is 59.1 Å². The molecule has 4 heterocycles. The Morgan fingerprint density at radius 2 is 2.17 bits per heavy atom. The van der Waals surface area contributed by atoms with Crippen molar-refractivity contribution in [1.29, 1.82) is 0 Å². The number of amides is 1. The van der Waals surface area contributed by atoms with Gasteiger partial charge in [-0.15, -0.1) is 0 Å². The Hall–Kier alpha value is -1.46. The molecule has 3 aliphatic heterocycles. The van der Waals surface area contributed by atoms with Gasteiger partial charge < -0.3 is 9.64 Å². The number of rotatable bonds is 4. The van der Waals surface area contributed by atoms with Crippen molar-refractivity contribution in [2.45, 2.75) is 51.2 Å². The molecule has 3 saturated heterocycles. The van der Waals surface area contributed by atoms with Gasteiger partial charge in [0.2, 0.25) is 5.91 Å². The van der Waals surface area contributed by atoms with Crippen LogP contribution < -0.4 is 0 Å². The van der Waals surface area contributed by atoms with Crippen LogP contribution in [0, 0.1) is 12.8 Å². The van der Waals surface area contributed by atoms with Crippen LogP contribution in [0.5, 0.6) is 0 Å². The fraction of sp³-hybridized carbons (Fsp3) is 0.684. The number of nitrogens with zero attached hydrogens (tertiary/aromatic N) is 3. The number of carbonyl (C=O) groups excluding carboxylic acids is 1. The highest BCUT2D eigenvalue weighted by Gasteiger charge is 2.43. The summed E-state index contributed by atoms with van der Waals surface area (Å²) in [6.07, 6.45) is 3.96. The quantitative estimate of drug-likeness (QED) is 0.847. The van der Waals surface area contributed by atoms with Crippen molar-refractivity contribution in [3.05, 3.63) is 29.6 Å². The van der Waals surface area contributed by atoms with E-state index in [0.717, 1.165) is 50.5 Å². The van der Waals surface area contributed by atoms with Crippen molar-refractivity contribution in [2.75, 3.05) is 26.3 Å². The number of aryl methyl sites for hydroxylation is 1. The molecular weight excluding hydrogens is 302 g/mol. The summed E-state index contributed by atoms with van der Waals surface area (Å²) in [6, 6.07) is 6.95. The van der Waals surface area contributed by atoms with E-state index in [-0.39, 0.29) is 0 Å². The summed E-state index contributed by atoms with van der Waals surface area (Å²) in [6.45, 7) is 6.72. The van der Waals surface area contributed by atoms with Crippen LogP contribution in [-0.2, 0) is 16.1 Å². The molecule has 3 atom stereocenters. The Morgan fingerprint density at radius 3 is 2.96 bits per heavy atom. The monoisotopic (exact) mass is 329 g/mol. The van der Waals surface area contributed by atoms with Gasteiger partial charge in [-0.25, -0.2) is 0 Å². The molecule has 1 unspecified atom stereocenters. The van der Waals surface area contributed by atoms with Gasteiger partial charge in [-0.1, -0.05) is 6.07 Å². The topological polar surface area (TPSA) is 45.7 Å². The molecule has 0 radical (unpaired) electrons. The minimum Gasteiger partial charge on any atom is -0.381 e. The maximum atomic E-state index is 12.5. The van der Waals surface area contributed by atoms with Gasteiger partial charge in [-0.05, 0) is 44.2 Å². The second-order valence-electron chi connectivity index (χ2n) is 7.48. The number of piperidine rings is 1. The lowest BCUT2D eigenvalue weighted by Gasteiger charge is -2.40. The van der Waals surface area contributed by atoms with E-state index >= 15 is 0 Å². The van der Waals surface area contributed by atoms with Crippen LogP contribution in [0.15, 0.2) is 18.2 Å². The predicted molar refractivity (Wildman–Crippen MR) is 91.5 cm³/mol. The maximum absolute atomic E-state index is 12.5. The van der Waals surface area contributed by atoms with E-state index in [9.17, 15) is 4.79 Å². The lowest BCUT2D eigenvalue weighted by molar-refractivity contribution is -0.138. The molecule has 0 saturated carbocycles. The summed E-state index contributed by atoms with van der Waals surface area (Å²) in [7, 11) is 0. The average Bonchev–Trinajstić information content (AvgIpc) is 3.21. The average molecular weight is 329 g/mol. The van der Waals surface area contributed by atoms with E-state index in [1.165, 1.54) is 6.42 Å². The summed E-state index contributed by atoms with van der Waals surface area (Å²) in [5.74, 6) is 0.971. The van der Waals surface area contributed by atoms with E-state index in [2.05, 4.69) is 14.8 Å². The van der Waals surface area contributed by atoms with Crippen LogP contribution in [0.25, 0.3) is 0 Å². The van der Waals surface area contributed by atoms with E-state index in [1.54, 1.807) is 0 Å². The predicted octanol–water partition coefficient (Wildman–Crippen LogP) is 1.99. The van der Waals surface area contributed by atoms with Crippen LogP contribution in [0.2, 0.25) is 0 Å². The largest absolute Gasteiger partial charge is 0.381 e.